The van der Waals surface area contributed by atoms with Gasteiger partial charge >= 0.3 is 0 Å². The van der Waals surface area contributed by atoms with Gasteiger partial charge < -0.3 is 20.4 Å². The largest absolute Gasteiger partial charge is 0.356 e. The number of piperazine rings is 1. The van der Waals surface area contributed by atoms with Crippen molar-refractivity contribution in [3.05, 3.63) is 35.9 Å². The summed E-state index contributed by atoms with van der Waals surface area (Å²) in [4.78, 5) is 11.9. The highest BCUT2D eigenvalue weighted by atomic mass is 15.3. The molecule has 1 heterocycles. The smallest absolute Gasteiger partial charge is 0.191 e. The average Bonchev–Trinajstić information content (AvgIpc) is 2.75. The minimum Gasteiger partial charge on any atom is -0.356 e. The normalized spacial score (nSPS) is 18.6. The standard InChI is InChI=1S/C23H42N6/c1-6-29(7-2)22(21-11-9-8-10-12-21)18-26-23(24-4)25-17-20(3)19-28-15-13-27(5)14-16-28/h8-12,20,22H,6-7,13-19H2,1-5H3,(H2,24,25,26). The van der Waals surface area contributed by atoms with Gasteiger partial charge in [0.25, 0.3) is 0 Å². The first kappa shape index (κ1) is 23.6. The third kappa shape index (κ3) is 7.96. The van der Waals surface area contributed by atoms with Crippen LogP contribution >= 0.6 is 0 Å². The molecule has 2 N–H and O–H groups in total. The summed E-state index contributed by atoms with van der Waals surface area (Å²) in [7, 11) is 4.06. The number of nitrogens with zero attached hydrogens (tertiary/aromatic N) is 4. The molecule has 2 rings (SSSR count). The highest BCUT2D eigenvalue weighted by Gasteiger charge is 2.19. The Morgan fingerprint density at radius 2 is 1.66 bits per heavy atom. The predicted molar refractivity (Wildman–Crippen MR) is 125 cm³/mol. The molecule has 164 valence electrons. The van der Waals surface area contributed by atoms with Gasteiger partial charge in [0, 0.05) is 52.9 Å². The summed E-state index contributed by atoms with van der Waals surface area (Å²) in [6, 6.07) is 11.1. The minimum absolute atomic E-state index is 0.340. The van der Waals surface area contributed by atoms with Crippen molar-refractivity contribution in [2.45, 2.75) is 26.8 Å². The molecule has 1 aromatic rings. The summed E-state index contributed by atoms with van der Waals surface area (Å²) in [5, 5.41) is 7.09. The molecule has 0 amide bonds. The Hall–Kier alpha value is -1.63. The van der Waals surface area contributed by atoms with E-state index >= 15 is 0 Å². The van der Waals surface area contributed by atoms with Crippen molar-refractivity contribution in [1.29, 1.82) is 0 Å². The van der Waals surface area contributed by atoms with E-state index in [0.29, 0.717) is 12.0 Å². The molecule has 0 aliphatic carbocycles. The first-order valence-electron chi connectivity index (χ1n) is 11.2. The summed E-state index contributed by atoms with van der Waals surface area (Å²) in [5.74, 6) is 1.48. The quantitative estimate of drug-likeness (QED) is 0.464. The maximum Gasteiger partial charge on any atom is 0.191 e. The topological polar surface area (TPSA) is 46.1 Å². The summed E-state index contributed by atoms with van der Waals surface area (Å²) in [6.07, 6.45) is 0. The molecule has 0 spiro atoms. The van der Waals surface area contributed by atoms with Gasteiger partial charge in [0.1, 0.15) is 0 Å². The second-order valence-corrected chi connectivity index (χ2v) is 8.19. The van der Waals surface area contributed by atoms with Gasteiger partial charge in [0.05, 0.1) is 6.04 Å². The van der Waals surface area contributed by atoms with E-state index in [1.807, 2.05) is 7.05 Å². The van der Waals surface area contributed by atoms with Crippen molar-refractivity contribution in [3.8, 4) is 0 Å². The van der Waals surface area contributed by atoms with Crippen LogP contribution in [0.2, 0.25) is 0 Å². The number of hydrogen-bond donors (Lipinski definition) is 2. The zero-order valence-electron chi connectivity index (χ0n) is 19.2. The zero-order chi connectivity index (χ0) is 21.1. The van der Waals surface area contributed by atoms with Crippen LogP contribution in [0.1, 0.15) is 32.4 Å². The van der Waals surface area contributed by atoms with Gasteiger partial charge in [-0.15, -0.1) is 0 Å². The maximum atomic E-state index is 4.45. The monoisotopic (exact) mass is 402 g/mol. The van der Waals surface area contributed by atoms with Crippen molar-refractivity contribution >= 4 is 5.96 Å². The van der Waals surface area contributed by atoms with Crippen molar-refractivity contribution in [1.82, 2.24) is 25.3 Å². The minimum atomic E-state index is 0.340. The number of nitrogens with one attached hydrogen (secondary N) is 2. The van der Waals surface area contributed by atoms with Crippen molar-refractivity contribution in [2.75, 3.05) is 73.0 Å². The lowest BCUT2D eigenvalue weighted by atomic mass is 10.1. The number of benzene rings is 1. The van der Waals surface area contributed by atoms with E-state index in [1.165, 1.54) is 31.7 Å². The number of rotatable bonds is 10. The molecule has 0 radical (unpaired) electrons. The van der Waals surface area contributed by atoms with E-state index in [1.54, 1.807) is 0 Å². The Kier molecular flexibility index (Phi) is 10.5. The lowest BCUT2D eigenvalue weighted by Crippen LogP contribution is -2.48. The van der Waals surface area contributed by atoms with Crippen LogP contribution in [0.25, 0.3) is 0 Å². The van der Waals surface area contributed by atoms with Crippen LogP contribution in [0, 0.1) is 5.92 Å². The molecule has 1 aromatic carbocycles. The summed E-state index contributed by atoms with van der Waals surface area (Å²) >= 11 is 0. The third-order valence-electron chi connectivity index (χ3n) is 5.91. The number of aliphatic imine (C=N–C) groups is 1. The van der Waals surface area contributed by atoms with E-state index in [4.69, 9.17) is 0 Å². The summed E-state index contributed by atoms with van der Waals surface area (Å²) in [5.41, 5.74) is 1.35. The van der Waals surface area contributed by atoms with Gasteiger partial charge in [-0.05, 0) is 31.6 Å². The SMILES string of the molecule is CCN(CC)C(CNC(=NC)NCC(C)CN1CCN(C)CC1)c1ccccc1. The van der Waals surface area contributed by atoms with Gasteiger partial charge in [0.15, 0.2) is 5.96 Å². The molecular formula is C23H42N6. The van der Waals surface area contributed by atoms with E-state index in [9.17, 15) is 0 Å². The number of hydrogen-bond acceptors (Lipinski definition) is 4. The molecule has 2 unspecified atom stereocenters. The Balaban J connectivity index is 1.83. The van der Waals surface area contributed by atoms with Crippen LogP contribution in [0.4, 0.5) is 0 Å². The van der Waals surface area contributed by atoms with Gasteiger partial charge in [-0.2, -0.15) is 0 Å². The third-order valence-corrected chi connectivity index (χ3v) is 5.91. The molecule has 29 heavy (non-hydrogen) atoms. The predicted octanol–water partition coefficient (Wildman–Crippen LogP) is 2.12. The molecule has 1 fully saturated rings. The molecule has 0 aromatic heterocycles. The molecular weight excluding hydrogens is 360 g/mol. The Morgan fingerprint density at radius 1 is 1.03 bits per heavy atom. The fourth-order valence-corrected chi connectivity index (χ4v) is 4.02. The molecule has 1 aliphatic rings. The van der Waals surface area contributed by atoms with Gasteiger partial charge in [-0.3, -0.25) is 9.89 Å². The second kappa shape index (κ2) is 12.8. The highest BCUT2D eigenvalue weighted by Crippen LogP contribution is 2.19. The van der Waals surface area contributed by atoms with E-state index in [0.717, 1.165) is 38.7 Å². The molecule has 0 saturated carbocycles. The lowest BCUT2D eigenvalue weighted by molar-refractivity contribution is 0.139. The van der Waals surface area contributed by atoms with Gasteiger partial charge in [0.2, 0.25) is 0 Å². The van der Waals surface area contributed by atoms with Crippen LogP contribution < -0.4 is 10.6 Å². The average molecular weight is 403 g/mol. The summed E-state index contributed by atoms with van der Waals surface area (Å²) in [6.45, 7) is 16.5. The van der Waals surface area contributed by atoms with Crippen molar-refractivity contribution in [2.24, 2.45) is 10.9 Å². The number of guanidine groups is 1. The van der Waals surface area contributed by atoms with Crippen molar-refractivity contribution < 1.29 is 0 Å². The van der Waals surface area contributed by atoms with Crippen LogP contribution in [0.3, 0.4) is 0 Å². The summed E-state index contributed by atoms with van der Waals surface area (Å²) < 4.78 is 0. The Morgan fingerprint density at radius 3 is 2.24 bits per heavy atom. The first-order chi connectivity index (χ1) is 14.1. The Labute approximate surface area is 178 Å². The van der Waals surface area contributed by atoms with Crippen LogP contribution in [-0.4, -0.2) is 93.7 Å². The van der Waals surface area contributed by atoms with Crippen molar-refractivity contribution in [3.63, 3.8) is 0 Å². The molecule has 1 aliphatic heterocycles. The Bertz CT molecular complexity index is 578. The maximum absolute atomic E-state index is 4.45. The fraction of sp³-hybridized carbons (Fsp3) is 0.696. The number of likely N-dealkylation sites (N-methyl/N-ethyl adjacent to an activating group) is 2. The van der Waals surface area contributed by atoms with Crippen LogP contribution in [0.5, 0.6) is 0 Å². The van der Waals surface area contributed by atoms with Crippen LogP contribution in [-0.2, 0) is 0 Å². The molecule has 1 saturated heterocycles. The fourth-order valence-electron chi connectivity index (χ4n) is 4.02. The first-order valence-corrected chi connectivity index (χ1v) is 11.2. The molecule has 2 atom stereocenters. The zero-order valence-corrected chi connectivity index (χ0v) is 19.2. The van der Waals surface area contributed by atoms with E-state index in [2.05, 4.69) is 88.5 Å². The van der Waals surface area contributed by atoms with E-state index < -0.39 is 0 Å². The molecule has 6 nitrogen and oxygen atoms in total. The molecule has 0 bridgehead atoms. The van der Waals surface area contributed by atoms with Gasteiger partial charge in [-0.25, -0.2) is 0 Å². The van der Waals surface area contributed by atoms with Crippen LogP contribution in [0.15, 0.2) is 35.3 Å². The van der Waals surface area contributed by atoms with E-state index in [-0.39, 0.29) is 0 Å². The highest BCUT2D eigenvalue weighted by molar-refractivity contribution is 5.79. The lowest BCUT2D eigenvalue weighted by Gasteiger charge is -2.34. The second-order valence-electron chi connectivity index (χ2n) is 8.19. The molecule has 6 heteroatoms. The van der Waals surface area contributed by atoms with Gasteiger partial charge in [-0.1, -0.05) is 51.1 Å².